The van der Waals surface area contributed by atoms with E-state index in [2.05, 4.69) is 5.32 Å². The van der Waals surface area contributed by atoms with E-state index in [9.17, 15) is 9.18 Å². The van der Waals surface area contributed by atoms with Crippen molar-refractivity contribution in [3.63, 3.8) is 0 Å². The molecule has 1 atom stereocenters. The molecule has 0 radical (unpaired) electrons. The second-order valence-corrected chi connectivity index (χ2v) is 3.43. The first-order valence-corrected chi connectivity index (χ1v) is 4.57. The summed E-state index contributed by atoms with van der Waals surface area (Å²) in [6.45, 7) is 1.45. The van der Waals surface area contributed by atoms with Crippen LogP contribution >= 0.6 is 11.6 Å². The highest BCUT2D eigenvalue weighted by Gasteiger charge is 2.12. The Bertz CT molecular complexity index is 408. The molecule has 1 amide bonds. The summed E-state index contributed by atoms with van der Waals surface area (Å²) in [5, 5.41) is 11.1. The van der Waals surface area contributed by atoms with Crippen LogP contribution in [0.25, 0.3) is 0 Å². The van der Waals surface area contributed by atoms with E-state index in [4.69, 9.17) is 16.9 Å². The molecule has 1 unspecified atom stereocenters. The standard InChI is InChI=1S/C10H8ClFN2O/c1-6(5-13)10(15)14-9-3-7(11)2-8(12)4-9/h2-4,6H,1H3,(H,14,15). The van der Waals surface area contributed by atoms with Crippen LogP contribution in [0.3, 0.4) is 0 Å². The number of benzene rings is 1. The van der Waals surface area contributed by atoms with E-state index in [1.165, 1.54) is 13.0 Å². The Kier molecular flexibility index (Phi) is 3.64. The van der Waals surface area contributed by atoms with Gasteiger partial charge in [0.05, 0.1) is 6.07 Å². The number of nitrogens with zero attached hydrogens (tertiary/aromatic N) is 1. The monoisotopic (exact) mass is 226 g/mol. The molecule has 0 bridgehead atoms. The summed E-state index contributed by atoms with van der Waals surface area (Å²) in [6, 6.07) is 5.45. The van der Waals surface area contributed by atoms with Crippen LogP contribution in [-0.2, 0) is 4.79 Å². The lowest BCUT2D eigenvalue weighted by molar-refractivity contribution is -0.117. The van der Waals surface area contributed by atoms with Crippen molar-refractivity contribution < 1.29 is 9.18 Å². The van der Waals surface area contributed by atoms with Gasteiger partial charge in [-0.15, -0.1) is 0 Å². The largest absolute Gasteiger partial charge is 0.325 e. The summed E-state index contributed by atoms with van der Waals surface area (Å²) in [7, 11) is 0. The molecule has 1 aromatic rings. The Morgan fingerprint density at radius 2 is 2.27 bits per heavy atom. The minimum Gasteiger partial charge on any atom is -0.325 e. The van der Waals surface area contributed by atoms with Crippen molar-refractivity contribution in [1.82, 2.24) is 0 Å². The lowest BCUT2D eigenvalue weighted by Gasteiger charge is -2.06. The maximum absolute atomic E-state index is 12.9. The number of carbonyl (C=O) groups is 1. The third-order valence-corrected chi connectivity index (χ3v) is 1.94. The van der Waals surface area contributed by atoms with Gasteiger partial charge in [0.1, 0.15) is 11.7 Å². The summed E-state index contributed by atoms with van der Waals surface area (Å²) >= 11 is 5.59. The molecular weight excluding hydrogens is 219 g/mol. The minimum absolute atomic E-state index is 0.190. The van der Waals surface area contributed by atoms with E-state index in [1.54, 1.807) is 6.07 Å². The van der Waals surface area contributed by atoms with Crippen molar-refractivity contribution in [2.75, 3.05) is 5.32 Å². The Hall–Kier alpha value is -1.60. The number of hydrogen-bond acceptors (Lipinski definition) is 2. The lowest BCUT2D eigenvalue weighted by atomic mass is 10.2. The molecule has 15 heavy (non-hydrogen) atoms. The molecule has 5 heteroatoms. The zero-order chi connectivity index (χ0) is 11.4. The van der Waals surface area contributed by atoms with Crippen molar-refractivity contribution in [2.24, 2.45) is 5.92 Å². The van der Waals surface area contributed by atoms with Crippen molar-refractivity contribution >= 4 is 23.2 Å². The molecule has 0 aliphatic heterocycles. The number of amides is 1. The van der Waals surface area contributed by atoms with Crippen LogP contribution in [0.15, 0.2) is 18.2 Å². The number of rotatable bonds is 2. The molecule has 0 spiro atoms. The zero-order valence-corrected chi connectivity index (χ0v) is 8.68. The number of carbonyl (C=O) groups excluding carboxylic acids is 1. The molecule has 0 aliphatic carbocycles. The predicted octanol–water partition coefficient (Wildman–Crippen LogP) is 2.58. The number of anilines is 1. The van der Waals surface area contributed by atoms with Crippen LogP contribution in [0.5, 0.6) is 0 Å². The maximum Gasteiger partial charge on any atom is 0.241 e. The molecule has 0 aliphatic rings. The second-order valence-electron chi connectivity index (χ2n) is 3.00. The van der Waals surface area contributed by atoms with Gasteiger partial charge in [-0.2, -0.15) is 5.26 Å². The van der Waals surface area contributed by atoms with E-state index in [1.807, 2.05) is 0 Å². The van der Waals surface area contributed by atoms with Crippen LogP contribution in [0.4, 0.5) is 10.1 Å². The van der Waals surface area contributed by atoms with Crippen LogP contribution in [0.1, 0.15) is 6.92 Å². The van der Waals surface area contributed by atoms with Gasteiger partial charge in [0.2, 0.25) is 5.91 Å². The predicted molar refractivity (Wildman–Crippen MR) is 54.8 cm³/mol. The number of nitrogens with one attached hydrogen (secondary N) is 1. The number of nitriles is 1. The van der Waals surface area contributed by atoms with Gasteiger partial charge in [0, 0.05) is 10.7 Å². The Morgan fingerprint density at radius 3 is 2.80 bits per heavy atom. The third-order valence-electron chi connectivity index (χ3n) is 1.72. The average Bonchev–Trinajstić information content (AvgIpc) is 2.14. The summed E-state index contributed by atoms with van der Waals surface area (Å²) in [4.78, 5) is 11.3. The average molecular weight is 227 g/mol. The molecule has 0 fully saturated rings. The molecule has 0 saturated heterocycles. The highest BCUT2D eigenvalue weighted by molar-refractivity contribution is 6.30. The molecule has 0 heterocycles. The Labute approximate surface area is 91.5 Å². The smallest absolute Gasteiger partial charge is 0.241 e. The first-order valence-electron chi connectivity index (χ1n) is 4.19. The zero-order valence-electron chi connectivity index (χ0n) is 7.92. The first-order chi connectivity index (χ1) is 7.02. The van der Waals surface area contributed by atoms with Gasteiger partial charge in [-0.05, 0) is 25.1 Å². The van der Waals surface area contributed by atoms with Crippen molar-refractivity contribution in [2.45, 2.75) is 6.92 Å². The van der Waals surface area contributed by atoms with Gasteiger partial charge in [0.15, 0.2) is 0 Å². The van der Waals surface area contributed by atoms with Crippen LogP contribution in [0, 0.1) is 23.1 Å². The number of hydrogen-bond donors (Lipinski definition) is 1. The van der Waals surface area contributed by atoms with Crippen LogP contribution < -0.4 is 5.32 Å². The normalized spacial score (nSPS) is 11.6. The molecule has 0 aromatic heterocycles. The molecule has 1 N–H and O–H groups in total. The fourth-order valence-electron chi connectivity index (χ4n) is 0.935. The molecule has 78 valence electrons. The summed E-state index contributed by atoms with van der Waals surface area (Å²) in [5.41, 5.74) is 0.243. The van der Waals surface area contributed by atoms with Crippen LogP contribution in [0.2, 0.25) is 5.02 Å². The molecule has 1 aromatic carbocycles. The first kappa shape index (κ1) is 11.5. The van der Waals surface area contributed by atoms with Gasteiger partial charge in [-0.1, -0.05) is 11.6 Å². The summed E-state index contributed by atoms with van der Waals surface area (Å²) in [6.07, 6.45) is 0. The van der Waals surface area contributed by atoms with Gasteiger partial charge < -0.3 is 5.32 Å². The lowest BCUT2D eigenvalue weighted by Crippen LogP contribution is -2.18. The fraction of sp³-hybridized carbons (Fsp3) is 0.200. The second kappa shape index (κ2) is 4.76. The third kappa shape index (κ3) is 3.22. The van der Waals surface area contributed by atoms with Gasteiger partial charge in [-0.25, -0.2) is 4.39 Å². The van der Waals surface area contributed by atoms with Gasteiger partial charge in [0.25, 0.3) is 0 Å². The highest BCUT2D eigenvalue weighted by atomic mass is 35.5. The van der Waals surface area contributed by atoms with E-state index < -0.39 is 17.6 Å². The summed E-state index contributed by atoms with van der Waals surface area (Å²) < 4.78 is 12.9. The quantitative estimate of drug-likeness (QED) is 0.843. The Balaban J connectivity index is 2.82. The highest BCUT2D eigenvalue weighted by Crippen LogP contribution is 2.18. The topological polar surface area (TPSA) is 52.9 Å². The fourth-order valence-corrected chi connectivity index (χ4v) is 1.16. The van der Waals surface area contributed by atoms with Gasteiger partial charge >= 0.3 is 0 Å². The van der Waals surface area contributed by atoms with E-state index >= 15 is 0 Å². The maximum atomic E-state index is 12.9. The molecular formula is C10H8ClFN2O. The van der Waals surface area contributed by atoms with Crippen molar-refractivity contribution in [3.8, 4) is 6.07 Å². The number of halogens is 2. The molecule has 0 saturated carbocycles. The van der Waals surface area contributed by atoms with E-state index in [0.717, 1.165) is 12.1 Å². The Morgan fingerprint density at radius 1 is 1.60 bits per heavy atom. The van der Waals surface area contributed by atoms with Crippen molar-refractivity contribution in [1.29, 1.82) is 5.26 Å². The SMILES string of the molecule is CC(C#N)C(=O)Nc1cc(F)cc(Cl)c1. The van der Waals surface area contributed by atoms with Gasteiger partial charge in [-0.3, -0.25) is 4.79 Å². The summed E-state index contributed by atoms with van der Waals surface area (Å²) in [5.74, 6) is -1.81. The molecule has 3 nitrogen and oxygen atoms in total. The minimum atomic E-state index is -0.785. The van der Waals surface area contributed by atoms with E-state index in [0.29, 0.717) is 0 Å². The van der Waals surface area contributed by atoms with Crippen molar-refractivity contribution in [3.05, 3.63) is 29.0 Å². The van der Waals surface area contributed by atoms with Crippen LogP contribution in [-0.4, -0.2) is 5.91 Å². The van der Waals surface area contributed by atoms with E-state index in [-0.39, 0.29) is 10.7 Å². The molecule has 1 rings (SSSR count).